The first-order valence-corrected chi connectivity index (χ1v) is 4.76. The van der Waals surface area contributed by atoms with Crippen LogP contribution in [0.1, 0.15) is 13.8 Å². The van der Waals surface area contributed by atoms with Gasteiger partial charge >= 0.3 is 0 Å². The van der Waals surface area contributed by atoms with E-state index in [-0.39, 0.29) is 17.8 Å². The third kappa shape index (κ3) is 6.28. The molecule has 0 radical (unpaired) electrons. The van der Waals surface area contributed by atoms with Crippen LogP contribution in [0.5, 0.6) is 0 Å². The minimum atomic E-state index is -0.431. The van der Waals surface area contributed by atoms with E-state index < -0.39 is 13.5 Å². The first-order valence-electron chi connectivity index (χ1n) is 4.76. The van der Waals surface area contributed by atoms with Gasteiger partial charge in [-0.2, -0.15) is 15.0 Å². The molecule has 0 aliphatic heterocycles. The highest BCUT2D eigenvalue weighted by Gasteiger charge is 2.08. The first kappa shape index (κ1) is 15.1. The molecule has 0 aliphatic rings. The Bertz CT molecular complexity index is 342. The van der Waals surface area contributed by atoms with Gasteiger partial charge in [-0.15, -0.1) is 6.58 Å². The van der Waals surface area contributed by atoms with Gasteiger partial charge in [0.1, 0.15) is 13.5 Å². The number of nitrogens with two attached hydrogens (primary N) is 2. The molecular weight excluding hydrogens is 224 g/mol. The SMILES string of the molecule is C=C(C)C.Nc1nc(N)nc(N(CO)CO)n1. The number of hydrogen-bond donors (Lipinski definition) is 4. The van der Waals surface area contributed by atoms with Crippen LogP contribution in [-0.2, 0) is 0 Å². The lowest BCUT2D eigenvalue weighted by Gasteiger charge is -2.15. The van der Waals surface area contributed by atoms with E-state index in [4.69, 9.17) is 21.7 Å². The summed E-state index contributed by atoms with van der Waals surface area (Å²) in [6.07, 6.45) is 0. The minimum absolute atomic E-state index is 0.0370. The summed E-state index contributed by atoms with van der Waals surface area (Å²) in [6, 6.07) is 0. The van der Waals surface area contributed by atoms with Gasteiger partial charge in [0.15, 0.2) is 0 Å². The Balaban J connectivity index is 0.000000557. The Morgan fingerprint density at radius 2 is 1.47 bits per heavy atom. The van der Waals surface area contributed by atoms with Gasteiger partial charge < -0.3 is 21.7 Å². The second-order valence-corrected chi connectivity index (χ2v) is 3.38. The summed E-state index contributed by atoms with van der Waals surface area (Å²) in [5.41, 5.74) is 11.7. The maximum Gasteiger partial charge on any atom is 0.235 e. The lowest BCUT2D eigenvalue weighted by molar-refractivity contribution is 0.220. The number of nitrogen functional groups attached to an aromatic ring is 2. The van der Waals surface area contributed by atoms with Gasteiger partial charge in [-0.1, -0.05) is 5.57 Å². The quantitative estimate of drug-likeness (QED) is 0.404. The highest BCUT2D eigenvalue weighted by atomic mass is 16.3. The topological polar surface area (TPSA) is 134 Å². The summed E-state index contributed by atoms with van der Waals surface area (Å²) in [6.45, 7) is 6.64. The van der Waals surface area contributed by atoms with Crippen molar-refractivity contribution in [3.05, 3.63) is 12.2 Å². The van der Waals surface area contributed by atoms with E-state index in [9.17, 15) is 0 Å². The number of anilines is 3. The molecule has 0 unspecified atom stereocenters. The van der Waals surface area contributed by atoms with Crippen LogP contribution in [0.15, 0.2) is 12.2 Å². The number of hydrogen-bond acceptors (Lipinski definition) is 8. The fourth-order valence-corrected chi connectivity index (χ4v) is 0.710. The third-order valence-corrected chi connectivity index (χ3v) is 1.28. The molecule has 0 fully saturated rings. The van der Waals surface area contributed by atoms with Crippen molar-refractivity contribution in [3.8, 4) is 0 Å². The van der Waals surface area contributed by atoms with Crippen LogP contribution in [0, 0.1) is 0 Å². The molecule has 17 heavy (non-hydrogen) atoms. The molecule has 1 heterocycles. The van der Waals surface area contributed by atoms with Gasteiger partial charge in [0.05, 0.1) is 0 Å². The van der Waals surface area contributed by atoms with Crippen molar-refractivity contribution in [1.29, 1.82) is 0 Å². The molecule has 8 nitrogen and oxygen atoms in total. The number of rotatable bonds is 3. The van der Waals surface area contributed by atoms with Crippen LogP contribution in [0.4, 0.5) is 17.8 Å². The molecule has 8 heteroatoms. The highest BCUT2D eigenvalue weighted by molar-refractivity contribution is 5.38. The Morgan fingerprint density at radius 3 is 1.76 bits per heavy atom. The summed E-state index contributed by atoms with van der Waals surface area (Å²) in [4.78, 5) is 11.9. The molecule has 1 aromatic heterocycles. The standard InChI is InChI=1S/C5H10N6O2.C4H8/c6-3-8-4(7)10-5(9-3)11(1-12)2-13;1-4(2)3/h12-13H,1-2H2,(H4,6,7,8,9,10);1H2,2-3H3. The van der Waals surface area contributed by atoms with E-state index in [1.54, 1.807) is 0 Å². The largest absolute Gasteiger partial charge is 0.376 e. The Hall–Kier alpha value is -1.93. The fraction of sp³-hybridized carbons (Fsp3) is 0.444. The smallest absolute Gasteiger partial charge is 0.235 e. The van der Waals surface area contributed by atoms with E-state index in [1.807, 2.05) is 13.8 Å². The molecule has 96 valence electrons. The Kier molecular flexibility index (Phi) is 6.53. The summed E-state index contributed by atoms with van der Waals surface area (Å²) in [5, 5.41) is 17.5. The van der Waals surface area contributed by atoms with Crippen molar-refractivity contribution >= 4 is 17.8 Å². The summed E-state index contributed by atoms with van der Waals surface area (Å²) < 4.78 is 0. The van der Waals surface area contributed by atoms with Crippen LogP contribution in [0.2, 0.25) is 0 Å². The molecule has 0 aromatic carbocycles. The van der Waals surface area contributed by atoms with Crippen molar-refractivity contribution in [1.82, 2.24) is 15.0 Å². The highest BCUT2D eigenvalue weighted by Crippen LogP contribution is 2.07. The van der Waals surface area contributed by atoms with Crippen LogP contribution >= 0.6 is 0 Å². The second kappa shape index (κ2) is 7.36. The van der Waals surface area contributed by atoms with Crippen molar-refractivity contribution in [3.63, 3.8) is 0 Å². The summed E-state index contributed by atoms with van der Waals surface area (Å²) in [5.74, 6) is -0.0844. The molecule has 0 saturated heterocycles. The van der Waals surface area contributed by atoms with Crippen LogP contribution in [0.3, 0.4) is 0 Å². The van der Waals surface area contributed by atoms with Gasteiger partial charge in [0, 0.05) is 0 Å². The lowest BCUT2D eigenvalue weighted by atomic mass is 10.4. The number of aliphatic hydroxyl groups excluding tert-OH is 2. The fourth-order valence-electron chi connectivity index (χ4n) is 0.710. The van der Waals surface area contributed by atoms with E-state index in [2.05, 4.69) is 21.5 Å². The summed E-state index contributed by atoms with van der Waals surface area (Å²) in [7, 11) is 0. The van der Waals surface area contributed by atoms with Gasteiger partial charge in [0.25, 0.3) is 0 Å². The number of nitrogens with zero attached hydrogens (tertiary/aromatic N) is 4. The average molecular weight is 242 g/mol. The first-order chi connectivity index (χ1) is 7.90. The Labute approximate surface area is 99.6 Å². The van der Waals surface area contributed by atoms with Crippen LogP contribution < -0.4 is 16.4 Å². The molecule has 6 N–H and O–H groups in total. The maximum absolute atomic E-state index is 8.75. The average Bonchev–Trinajstić information content (AvgIpc) is 2.17. The van der Waals surface area contributed by atoms with E-state index in [0.717, 1.165) is 4.90 Å². The van der Waals surface area contributed by atoms with E-state index >= 15 is 0 Å². The number of aromatic nitrogens is 3. The summed E-state index contributed by atoms with van der Waals surface area (Å²) >= 11 is 0. The number of allylic oxidation sites excluding steroid dienone is 1. The van der Waals surface area contributed by atoms with E-state index in [0.29, 0.717) is 0 Å². The minimum Gasteiger partial charge on any atom is -0.376 e. The predicted molar refractivity (Wildman–Crippen MR) is 65.8 cm³/mol. The van der Waals surface area contributed by atoms with Crippen molar-refractivity contribution in [2.45, 2.75) is 13.8 Å². The second-order valence-electron chi connectivity index (χ2n) is 3.38. The molecule has 0 aliphatic carbocycles. The molecular formula is C9H18N6O2. The molecule has 0 atom stereocenters. The molecule has 1 rings (SSSR count). The zero-order valence-corrected chi connectivity index (χ0v) is 9.96. The van der Waals surface area contributed by atoms with Crippen molar-refractivity contribution in [2.24, 2.45) is 0 Å². The van der Waals surface area contributed by atoms with E-state index in [1.165, 1.54) is 5.57 Å². The zero-order chi connectivity index (χ0) is 13.4. The maximum atomic E-state index is 8.75. The van der Waals surface area contributed by atoms with Gasteiger partial charge in [0.2, 0.25) is 17.8 Å². The van der Waals surface area contributed by atoms with Crippen molar-refractivity contribution < 1.29 is 10.2 Å². The zero-order valence-electron chi connectivity index (χ0n) is 9.96. The van der Waals surface area contributed by atoms with Gasteiger partial charge in [-0.3, -0.25) is 4.90 Å². The molecule has 0 spiro atoms. The predicted octanol–water partition coefficient (Wildman–Crippen LogP) is -0.676. The van der Waals surface area contributed by atoms with Crippen LogP contribution in [-0.4, -0.2) is 38.6 Å². The number of aliphatic hydroxyl groups is 2. The third-order valence-electron chi connectivity index (χ3n) is 1.28. The molecule has 0 bridgehead atoms. The molecule has 0 amide bonds. The van der Waals surface area contributed by atoms with Gasteiger partial charge in [-0.25, -0.2) is 0 Å². The monoisotopic (exact) mass is 242 g/mol. The molecule has 0 saturated carbocycles. The Morgan fingerprint density at radius 1 is 1.12 bits per heavy atom. The van der Waals surface area contributed by atoms with Crippen molar-refractivity contribution in [2.75, 3.05) is 29.8 Å². The van der Waals surface area contributed by atoms with Crippen LogP contribution in [0.25, 0.3) is 0 Å². The normalized spacial score (nSPS) is 9.18. The lowest BCUT2D eigenvalue weighted by Crippen LogP contribution is -2.27. The molecule has 1 aromatic rings. The van der Waals surface area contributed by atoms with Gasteiger partial charge in [-0.05, 0) is 13.8 Å².